The van der Waals surface area contributed by atoms with E-state index in [1.54, 1.807) is 14.2 Å². The zero-order chi connectivity index (χ0) is 18.5. The van der Waals surface area contributed by atoms with Crippen LogP contribution in [0.25, 0.3) is 0 Å². The molecule has 3 rings (SSSR count). The van der Waals surface area contributed by atoms with Crippen molar-refractivity contribution in [2.75, 3.05) is 50.6 Å². The smallest absolute Gasteiger partial charge is 0.173 e. The molecule has 1 fully saturated rings. The summed E-state index contributed by atoms with van der Waals surface area (Å²) in [7, 11) is 3.26. The Hall–Kier alpha value is -2.18. The first-order chi connectivity index (χ1) is 12.6. The van der Waals surface area contributed by atoms with Crippen LogP contribution >= 0.6 is 23.8 Å². The summed E-state index contributed by atoms with van der Waals surface area (Å²) in [5.74, 6) is 1.44. The molecule has 0 atom stereocenters. The lowest BCUT2D eigenvalue weighted by Gasteiger charge is -2.37. The maximum Gasteiger partial charge on any atom is 0.173 e. The van der Waals surface area contributed by atoms with E-state index in [1.807, 2.05) is 36.4 Å². The summed E-state index contributed by atoms with van der Waals surface area (Å²) in [6.07, 6.45) is 0. The molecule has 138 valence electrons. The Kier molecular flexibility index (Phi) is 6.06. The number of nitrogens with one attached hydrogen (secondary N) is 1. The molecule has 0 aliphatic carbocycles. The third-order valence-electron chi connectivity index (χ3n) is 4.39. The van der Waals surface area contributed by atoms with Crippen molar-refractivity contribution in [2.45, 2.75) is 0 Å². The van der Waals surface area contributed by atoms with Crippen LogP contribution in [0.3, 0.4) is 0 Å². The molecule has 0 bridgehead atoms. The Morgan fingerprint density at radius 1 is 1.04 bits per heavy atom. The quantitative estimate of drug-likeness (QED) is 0.797. The number of anilines is 2. The molecule has 1 N–H and O–H groups in total. The van der Waals surface area contributed by atoms with E-state index in [9.17, 15) is 0 Å². The van der Waals surface area contributed by atoms with Crippen LogP contribution in [0.1, 0.15) is 0 Å². The van der Waals surface area contributed by atoms with Gasteiger partial charge in [0, 0.05) is 43.0 Å². The summed E-state index contributed by atoms with van der Waals surface area (Å²) in [5.41, 5.74) is 1.98. The maximum absolute atomic E-state index is 6.09. The molecule has 0 unspecified atom stereocenters. The first-order valence-corrected chi connectivity index (χ1v) is 9.18. The van der Waals surface area contributed by atoms with Gasteiger partial charge in [-0.2, -0.15) is 0 Å². The highest BCUT2D eigenvalue weighted by Crippen LogP contribution is 2.29. The van der Waals surface area contributed by atoms with Crippen molar-refractivity contribution in [1.82, 2.24) is 4.90 Å². The summed E-state index contributed by atoms with van der Waals surface area (Å²) in [4.78, 5) is 4.49. The minimum atomic E-state index is 0.694. The van der Waals surface area contributed by atoms with Crippen molar-refractivity contribution in [1.29, 1.82) is 0 Å². The Morgan fingerprint density at radius 2 is 1.81 bits per heavy atom. The largest absolute Gasteiger partial charge is 0.497 e. The normalized spacial score (nSPS) is 14.1. The Morgan fingerprint density at radius 3 is 2.46 bits per heavy atom. The molecule has 1 heterocycles. The first kappa shape index (κ1) is 18.6. The van der Waals surface area contributed by atoms with E-state index in [2.05, 4.69) is 21.2 Å². The molecule has 0 radical (unpaired) electrons. The van der Waals surface area contributed by atoms with Crippen molar-refractivity contribution in [3.8, 4) is 11.5 Å². The molecule has 5 nitrogen and oxygen atoms in total. The van der Waals surface area contributed by atoms with Crippen LogP contribution in [-0.4, -0.2) is 50.4 Å². The third kappa shape index (κ3) is 4.31. The molecule has 1 aliphatic heterocycles. The number of methoxy groups -OCH3 is 2. The molecular formula is C19H22ClN3O2S. The number of rotatable bonds is 4. The van der Waals surface area contributed by atoms with E-state index in [-0.39, 0.29) is 0 Å². The van der Waals surface area contributed by atoms with Crippen LogP contribution in [0.2, 0.25) is 5.02 Å². The lowest BCUT2D eigenvalue weighted by molar-refractivity contribution is 0.388. The Bertz CT molecular complexity index is 779. The van der Waals surface area contributed by atoms with Gasteiger partial charge in [-0.05, 0) is 42.5 Å². The SMILES string of the molecule is COc1ccc(NC(=S)N2CCN(c3cccc(Cl)c3)CC2)c(OC)c1. The molecule has 7 heteroatoms. The lowest BCUT2D eigenvalue weighted by atomic mass is 10.2. The zero-order valence-electron chi connectivity index (χ0n) is 14.9. The van der Waals surface area contributed by atoms with Crippen LogP contribution in [0.4, 0.5) is 11.4 Å². The number of benzene rings is 2. The van der Waals surface area contributed by atoms with Gasteiger partial charge in [0.2, 0.25) is 0 Å². The van der Waals surface area contributed by atoms with Crippen LogP contribution in [0.15, 0.2) is 42.5 Å². The van der Waals surface area contributed by atoms with Crippen molar-refractivity contribution < 1.29 is 9.47 Å². The highest BCUT2D eigenvalue weighted by molar-refractivity contribution is 7.80. The molecule has 0 aromatic heterocycles. The van der Waals surface area contributed by atoms with Gasteiger partial charge in [0.15, 0.2) is 5.11 Å². The minimum Gasteiger partial charge on any atom is -0.497 e. The molecular weight excluding hydrogens is 370 g/mol. The lowest BCUT2D eigenvalue weighted by Crippen LogP contribution is -2.50. The van der Waals surface area contributed by atoms with Gasteiger partial charge in [0.05, 0.1) is 19.9 Å². The second-order valence-electron chi connectivity index (χ2n) is 5.95. The summed E-state index contributed by atoms with van der Waals surface area (Å²) < 4.78 is 10.7. The minimum absolute atomic E-state index is 0.694. The number of piperazine rings is 1. The van der Waals surface area contributed by atoms with Crippen LogP contribution < -0.4 is 19.7 Å². The van der Waals surface area contributed by atoms with E-state index in [4.69, 9.17) is 33.3 Å². The van der Waals surface area contributed by atoms with Gasteiger partial charge in [-0.3, -0.25) is 0 Å². The van der Waals surface area contributed by atoms with Gasteiger partial charge < -0.3 is 24.6 Å². The number of hydrogen-bond donors (Lipinski definition) is 1. The molecule has 2 aromatic rings. The van der Waals surface area contributed by atoms with Crippen LogP contribution in [0.5, 0.6) is 11.5 Å². The number of nitrogens with zero attached hydrogens (tertiary/aromatic N) is 2. The Labute approximate surface area is 164 Å². The van der Waals surface area contributed by atoms with Gasteiger partial charge in [0.25, 0.3) is 0 Å². The number of halogens is 1. The molecule has 2 aromatic carbocycles. The standard InChI is InChI=1S/C19H22ClN3O2S/c1-24-16-6-7-17(18(13-16)25-2)21-19(26)23-10-8-22(9-11-23)15-5-3-4-14(20)12-15/h3-7,12-13H,8-11H2,1-2H3,(H,21,26). The van der Waals surface area contributed by atoms with E-state index in [0.29, 0.717) is 10.9 Å². The van der Waals surface area contributed by atoms with Crippen molar-refractivity contribution in [3.63, 3.8) is 0 Å². The number of ether oxygens (including phenoxy) is 2. The van der Waals surface area contributed by atoms with Crippen molar-refractivity contribution in [3.05, 3.63) is 47.5 Å². The highest BCUT2D eigenvalue weighted by Gasteiger charge is 2.20. The van der Waals surface area contributed by atoms with Gasteiger partial charge in [-0.25, -0.2) is 0 Å². The number of thiocarbonyl (C=S) groups is 1. The second kappa shape index (κ2) is 8.47. The van der Waals surface area contributed by atoms with Crippen LogP contribution in [0, 0.1) is 0 Å². The third-order valence-corrected chi connectivity index (χ3v) is 4.99. The fourth-order valence-corrected chi connectivity index (χ4v) is 3.41. The fraction of sp³-hybridized carbons (Fsp3) is 0.316. The molecule has 26 heavy (non-hydrogen) atoms. The summed E-state index contributed by atoms with van der Waals surface area (Å²) in [5, 5.41) is 4.74. The topological polar surface area (TPSA) is 37.0 Å². The summed E-state index contributed by atoms with van der Waals surface area (Å²) in [6.45, 7) is 3.47. The Balaban J connectivity index is 1.60. The summed E-state index contributed by atoms with van der Waals surface area (Å²) >= 11 is 11.7. The van der Waals surface area contributed by atoms with Crippen molar-refractivity contribution in [2.24, 2.45) is 0 Å². The second-order valence-corrected chi connectivity index (χ2v) is 6.77. The van der Waals surface area contributed by atoms with Gasteiger partial charge >= 0.3 is 0 Å². The highest BCUT2D eigenvalue weighted by atomic mass is 35.5. The van der Waals surface area contributed by atoms with Crippen LogP contribution in [-0.2, 0) is 0 Å². The summed E-state index contributed by atoms with van der Waals surface area (Å²) in [6, 6.07) is 13.6. The van der Waals surface area contributed by atoms with Crippen molar-refractivity contribution >= 4 is 40.3 Å². The van der Waals surface area contributed by atoms with Gasteiger partial charge in [0.1, 0.15) is 11.5 Å². The van der Waals surface area contributed by atoms with E-state index >= 15 is 0 Å². The average Bonchev–Trinajstić information content (AvgIpc) is 2.68. The molecule has 1 saturated heterocycles. The predicted molar refractivity (Wildman–Crippen MR) is 111 cm³/mol. The van der Waals surface area contributed by atoms with E-state index < -0.39 is 0 Å². The van der Waals surface area contributed by atoms with E-state index in [1.165, 1.54) is 0 Å². The maximum atomic E-state index is 6.09. The van der Waals surface area contributed by atoms with Gasteiger partial charge in [-0.1, -0.05) is 17.7 Å². The van der Waals surface area contributed by atoms with E-state index in [0.717, 1.165) is 48.3 Å². The molecule has 0 amide bonds. The predicted octanol–water partition coefficient (Wildman–Crippen LogP) is 3.88. The number of hydrogen-bond acceptors (Lipinski definition) is 4. The molecule has 0 saturated carbocycles. The van der Waals surface area contributed by atoms with Gasteiger partial charge in [-0.15, -0.1) is 0 Å². The monoisotopic (exact) mass is 391 g/mol. The molecule has 0 spiro atoms. The zero-order valence-corrected chi connectivity index (χ0v) is 16.4. The average molecular weight is 392 g/mol. The fourth-order valence-electron chi connectivity index (χ4n) is 2.94. The molecule has 1 aliphatic rings. The first-order valence-electron chi connectivity index (χ1n) is 8.39.